The Morgan fingerprint density at radius 1 is 1.03 bits per heavy atom. The van der Waals surface area contributed by atoms with Gasteiger partial charge < -0.3 is 20.3 Å². The Bertz CT molecular complexity index is 711. The van der Waals surface area contributed by atoms with E-state index < -0.39 is 39.1 Å². The highest BCUT2D eigenvalue weighted by molar-refractivity contribution is 7.86. The zero-order valence-electron chi connectivity index (χ0n) is 19.3. The zero-order valence-corrected chi connectivity index (χ0v) is 20.1. The maximum atomic E-state index is 12.4. The first kappa shape index (κ1) is 29.3. The molecule has 11 heteroatoms. The van der Waals surface area contributed by atoms with Crippen molar-refractivity contribution in [2.24, 2.45) is 10.8 Å². The summed E-state index contributed by atoms with van der Waals surface area (Å²) in [6.45, 7) is 9.63. The normalized spacial score (nSPS) is 14.5. The van der Waals surface area contributed by atoms with Crippen LogP contribution in [0.5, 0.6) is 0 Å². The van der Waals surface area contributed by atoms with E-state index in [0.29, 0.717) is 12.8 Å². The number of aliphatic hydroxyl groups is 1. The molecule has 0 radical (unpaired) electrons. The van der Waals surface area contributed by atoms with Gasteiger partial charge in [0.2, 0.25) is 5.91 Å². The third-order valence-corrected chi connectivity index (χ3v) is 6.00. The Morgan fingerprint density at radius 3 is 2.10 bits per heavy atom. The average Bonchev–Trinajstić information content (AvgIpc) is 2.61. The number of unbranched alkanes of at least 4 members (excludes halogenated alkanes) is 1. The van der Waals surface area contributed by atoms with Gasteiger partial charge in [-0.2, -0.15) is 8.42 Å². The Morgan fingerprint density at radius 2 is 1.61 bits per heavy atom. The van der Waals surface area contributed by atoms with E-state index in [0.717, 1.165) is 0 Å². The second kappa shape index (κ2) is 12.4. The molecule has 0 aliphatic rings. The predicted molar refractivity (Wildman–Crippen MR) is 114 cm³/mol. The minimum Gasteiger partial charge on any atom is -0.479 e. The van der Waals surface area contributed by atoms with Gasteiger partial charge in [0, 0.05) is 18.9 Å². The van der Waals surface area contributed by atoms with E-state index in [9.17, 15) is 33.0 Å². The minimum atomic E-state index is -4.04. The number of aliphatic hydroxyl groups excluding tert-OH is 1. The number of carboxylic acid groups (broad SMARTS) is 1. The van der Waals surface area contributed by atoms with Gasteiger partial charge in [-0.1, -0.05) is 13.8 Å². The number of nitrogens with one attached hydrogen (secondary N) is 1. The monoisotopic (exact) mass is 467 g/mol. The molecule has 31 heavy (non-hydrogen) atoms. The van der Waals surface area contributed by atoms with E-state index >= 15 is 0 Å². The highest BCUT2D eigenvalue weighted by atomic mass is 32.2. The van der Waals surface area contributed by atoms with Gasteiger partial charge in [0.05, 0.1) is 23.9 Å². The number of carbonyl (C=O) groups excluding carboxylic acids is 2. The van der Waals surface area contributed by atoms with Crippen molar-refractivity contribution in [3.05, 3.63) is 0 Å². The molecule has 0 saturated carbocycles. The molecule has 0 fully saturated rings. The van der Waals surface area contributed by atoms with Crippen LogP contribution in [0.2, 0.25) is 0 Å². The minimum absolute atomic E-state index is 0.124. The summed E-state index contributed by atoms with van der Waals surface area (Å²) >= 11 is 0. The summed E-state index contributed by atoms with van der Waals surface area (Å²) in [6.07, 6.45) is -1.88. The van der Waals surface area contributed by atoms with Gasteiger partial charge in [-0.05, 0) is 46.5 Å². The lowest BCUT2D eigenvalue weighted by molar-refractivity contribution is -0.158. The summed E-state index contributed by atoms with van der Waals surface area (Å²) in [6, 6.07) is 0. The number of rotatable bonds is 14. The van der Waals surface area contributed by atoms with Crippen molar-refractivity contribution < 1.29 is 41.9 Å². The van der Waals surface area contributed by atoms with Crippen LogP contribution < -0.4 is 5.32 Å². The quantitative estimate of drug-likeness (QED) is 0.195. The molecule has 0 aromatic heterocycles. The van der Waals surface area contributed by atoms with E-state index in [4.69, 9.17) is 8.92 Å². The number of carbonyl (C=O) groups is 3. The molecule has 0 aliphatic heterocycles. The van der Waals surface area contributed by atoms with Crippen LogP contribution in [-0.2, 0) is 33.4 Å². The van der Waals surface area contributed by atoms with Gasteiger partial charge in [-0.3, -0.25) is 13.8 Å². The Kier molecular flexibility index (Phi) is 11.7. The van der Waals surface area contributed by atoms with Crippen LogP contribution in [0.4, 0.5) is 0 Å². The smallest absolute Gasteiger partial charge is 0.333 e. The van der Waals surface area contributed by atoms with E-state index in [2.05, 4.69) is 5.32 Å². The highest BCUT2D eigenvalue weighted by Gasteiger charge is 2.43. The fourth-order valence-corrected chi connectivity index (χ4v) is 3.88. The number of esters is 1. The highest BCUT2D eigenvalue weighted by Crippen LogP contribution is 2.33. The van der Waals surface area contributed by atoms with Crippen molar-refractivity contribution in [2.45, 2.75) is 79.4 Å². The van der Waals surface area contributed by atoms with Crippen molar-refractivity contribution in [3.63, 3.8) is 0 Å². The van der Waals surface area contributed by atoms with E-state index in [1.165, 1.54) is 20.8 Å². The lowest BCUT2D eigenvalue weighted by Gasteiger charge is -2.35. The number of hydrogen-bond donors (Lipinski definition) is 3. The molecule has 10 nitrogen and oxygen atoms in total. The third kappa shape index (κ3) is 11.5. The van der Waals surface area contributed by atoms with Crippen LogP contribution in [0.15, 0.2) is 0 Å². The van der Waals surface area contributed by atoms with Gasteiger partial charge in [-0.15, -0.1) is 0 Å². The SMILES string of the molecule is CC(=O)NCCCS(=O)(=O)OC(CCCCOC(=O)C(C)(C)C)C(C)(C)[C@@H](O)C(=O)O. The lowest BCUT2D eigenvalue weighted by atomic mass is 9.78. The average molecular weight is 468 g/mol. The van der Waals surface area contributed by atoms with Crippen molar-refractivity contribution >= 4 is 28.0 Å². The van der Waals surface area contributed by atoms with Gasteiger partial charge >= 0.3 is 11.9 Å². The van der Waals surface area contributed by atoms with Crippen LogP contribution in [0, 0.1) is 10.8 Å². The maximum absolute atomic E-state index is 12.4. The van der Waals surface area contributed by atoms with Crippen molar-refractivity contribution in [3.8, 4) is 0 Å². The summed E-state index contributed by atoms with van der Waals surface area (Å²) in [5.41, 5.74) is -2.04. The number of amides is 1. The summed E-state index contributed by atoms with van der Waals surface area (Å²) in [5, 5.41) is 21.7. The van der Waals surface area contributed by atoms with Crippen LogP contribution in [0.3, 0.4) is 0 Å². The molecule has 2 atom stereocenters. The number of carboxylic acids is 1. The molecule has 1 amide bonds. The Labute approximate surface area is 184 Å². The second-order valence-corrected chi connectivity index (χ2v) is 10.8. The van der Waals surface area contributed by atoms with E-state index in [1.54, 1.807) is 20.8 Å². The van der Waals surface area contributed by atoms with Crippen LogP contribution >= 0.6 is 0 Å². The van der Waals surface area contributed by atoms with Crippen molar-refractivity contribution in [1.82, 2.24) is 5.32 Å². The molecule has 0 aromatic rings. The fraction of sp³-hybridized carbons (Fsp3) is 0.850. The second-order valence-electron chi connectivity index (χ2n) is 9.13. The first-order valence-corrected chi connectivity index (χ1v) is 11.8. The lowest BCUT2D eigenvalue weighted by Crippen LogP contribution is -2.47. The molecule has 0 saturated heterocycles. The predicted octanol–water partition coefficient (Wildman–Crippen LogP) is 1.46. The van der Waals surface area contributed by atoms with Crippen molar-refractivity contribution in [2.75, 3.05) is 18.9 Å². The molecule has 0 bridgehead atoms. The molecular formula is C20H37NO9S. The van der Waals surface area contributed by atoms with Gasteiger partial charge in [-0.25, -0.2) is 4.79 Å². The largest absolute Gasteiger partial charge is 0.479 e. The van der Waals surface area contributed by atoms with Crippen LogP contribution in [-0.4, -0.2) is 67.6 Å². The number of aliphatic carboxylic acids is 1. The molecule has 3 N–H and O–H groups in total. The van der Waals surface area contributed by atoms with Crippen molar-refractivity contribution in [1.29, 1.82) is 0 Å². The topological polar surface area (TPSA) is 156 Å². The molecule has 1 unspecified atom stereocenters. The number of hydrogen-bond acceptors (Lipinski definition) is 8. The molecule has 0 heterocycles. The van der Waals surface area contributed by atoms with E-state index in [1.807, 2.05) is 0 Å². The fourth-order valence-electron chi connectivity index (χ4n) is 2.59. The molecule has 182 valence electrons. The van der Waals surface area contributed by atoms with E-state index in [-0.39, 0.29) is 43.6 Å². The van der Waals surface area contributed by atoms with Gasteiger partial charge in [0.25, 0.3) is 10.1 Å². The summed E-state index contributed by atoms with van der Waals surface area (Å²) < 4.78 is 35.2. The third-order valence-electron chi connectivity index (χ3n) is 4.68. The molecule has 0 aromatic carbocycles. The molecular weight excluding hydrogens is 430 g/mol. The molecule has 0 rings (SSSR count). The first-order chi connectivity index (χ1) is 14.0. The Balaban J connectivity index is 5.04. The first-order valence-electron chi connectivity index (χ1n) is 10.2. The van der Waals surface area contributed by atoms with Gasteiger partial charge in [0.15, 0.2) is 6.10 Å². The summed E-state index contributed by atoms with van der Waals surface area (Å²) in [4.78, 5) is 34.0. The van der Waals surface area contributed by atoms with Crippen LogP contribution in [0.25, 0.3) is 0 Å². The molecule has 0 aliphatic carbocycles. The number of ether oxygens (including phenoxy) is 1. The zero-order chi connectivity index (χ0) is 24.5. The maximum Gasteiger partial charge on any atom is 0.333 e. The van der Waals surface area contributed by atoms with Crippen LogP contribution in [0.1, 0.15) is 67.2 Å². The molecule has 0 spiro atoms. The summed E-state index contributed by atoms with van der Waals surface area (Å²) in [7, 11) is -4.04. The summed E-state index contributed by atoms with van der Waals surface area (Å²) in [5.74, 6) is -2.50. The van der Waals surface area contributed by atoms with Gasteiger partial charge in [0.1, 0.15) is 0 Å². The standard InChI is InChI=1S/C20H37NO9S/c1-14(22)21-11-9-13-31(27,28)30-15(20(5,6)16(23)17(24)25)10-7-8-12-29-18(26)19(2,3)4/h15-16,23H,7-13H2,1-6H3,(H,21,22)(H,24,25)/t15?,16-/m0/s1. The Hall–Kier alpha value is -1.72.